The number of fused-ring (bicyclic) bond motifs is 3. The van der Waals surface area contributed by atoms with E-state index in [-0.39, 0.29) is 11.0 Å². The minimum Gasteiger partial charge on any atom is -0.457 e. The Morgan fingerprint density at radius 2 is 1.51 bits per heavy atom. The van der Waals surface area contributed by atoms with Crippen molar-refractivity contribution in [1.29, 1.82) is 0 Å². The number of nitrogens with zero attached hydrogens (tertiary/aromatic N) is 4. The molecular weight excluding hydrogens is 528 g/mol. The average Bonchev–Trinajstić information content (AvgIpc) is 3.64. The molecule has 2 aromatic heterocycles. The first-order valence-electron chi connectivity index (χ1n) is 16.1. The van der Waals surface area contributed by atoms with Crippen LogP contribution < -0.4 is 14.5 Å². The molecule has 1 aliphatic rings. The van der Waals surface area contributed by atoms with Gasteiger partial charge in [-0.05, 0) is 90.5 Å². The molecule has 0 bridgehead atoms. The molecule has 0 aliphatic carbocycles. The fraction of sp³-hybridized carbons (Fsp3) is 0.184. The van der Waals surface area contributed by atoms with Crippen molar-refractivity contribution >= 4 is 33.2 Å². The molecule has 0 atom stereocenters. The Hall–Kier alpha value is -5.03. The van der Waals surface area contributed by atoms with Crippen LogP contribution in [0.15, 0.2) is 116 Å². The Morgan fingerprint density at radius 3 is 2.30 bits per heavy atom. The lowest BCUT2D eigenvalue weighted by atomic mass is 9.84. The molecule has 5 heteroatoms. The average molecular weight is 568 g/mol. The van der Waals surface area contributed by atoms with E-state index >= 15 is 0 Å². The zero-order valence-corrected chi connectivity index (χ0v) is 24.9. The number of benzene rings is 4. The lowest BCUT2D eigenvalue weighted by Gasteiger charge is -2.25. The van der Waals surface area contributed by atoms with E-state index in [1.807, 2.05) is 53.1 Å². The van der Waals surface area contributed by atoms with E-state index in [4.69, 9.17) is 8.85 Å². The zero-order valence-electron chi connectivity index (χ0n) is 27.9. The number of hydrogen-bond donors (Lipinski definition) is 0. The molecule has 0 spiro atoms. The van der Waals surface area contributed by atoms with Crippen LogP contribution >= 0.6 is 0 Å². The fourth-order valence-corrected chi connectivity index (χ4v) is 6.09. The van der Waals surface area contributed by atoms with E-state index in [9.17, 15) is 0 Å². The standard InChI is InChI=1S/C38H36N4O/c1-26-17-18-39-37(21-26)42-35-12-7-6-11-32(35)33-15-14-31(24-36(33)42)43-30-10-8-9-28(23-30)40-19-20-41(25-40)29-13-16-34(27(2)22-29)38(3,4)5/h6-24H,25H2,1-5H3/i1D3. The van der Waals surface area contributed by atoms with Gasteiger partial charge in [-0.3, -0.25) is 4.57 Å². The highest BCUT2D eigenvalue weighted by atomic mass is 16.5. The zero-order chi connectivity index (χ0) is 32.2. The minimum absolute atomic E-state index is 0.110. The first-order valence-corrected chi connectivity index (χ1v) is 14.6. The number of aryl methyl sites for hydroxylation is 2. The van der Waals surface area contributed by atoms with Crippen LogP contribution in [-0.4, -0.2) is 16.2 Å². The number of para-hydroxylation sites is 1. The third-order valence-corrected chi connectivity index (χ3v) is 8.09. The number of anilines is 2. The van der Waals surface area contributed by atoms with Crippen molar-refractivity contribution in [3.8, 4) is 17.3 Å². The highest BCUT2D eigenvalue weighted by Gasteiger charge is 2.20. The van der Waals surface area contributed by atoms with E-state index in [1.54, 1.807) is 18.3 Å². The van der Waals surface area contributed by atoms with Crippen LogP contribution in [-0.2, 0) is 5.41 Å². The van der Waals surface area contributed by atoms with Crippen molar-refractivity contribution < 1.29 is 8.85 Å². The van der Waals surface area contributed by atoms with Gasteiger partial charge in [0, 0.05) is 57.0 Å². The third kappa shape index (κ3) is 5.01. The van der Waals surface area contributed by atoms with E-state index in [0.717, 1.165) is 33.2 Å². The maximum Gasteiger partial charge on any atom is 0.137 e. The summed E-state index contributed by atoms with van der Waals surface area (Å²) in [6.07, 6.45) is 5.76. The second-order valence-corrected chi connectivity index (χ2v) is 12.2. The van der Waals surface area contributed by atoms with Crippen LogP contribution in [0, 0.1) is 13.8 Å². The quantitative estimate of drug-likeness (QED) is 0.208. The summed E-state index contributed by atoms with van der Waals surface area (Å²) < 4.78 is 32.2. The predicted molar refractivity (Wildman–Crippen MR) is 179 cm³/mol. The second-order valence-electron chi connectivity index (χ2n) is 12.2. The highest BCUT2D eigenvalue weighted by Crippen LogP contribution is 2.36. The third-order valence-electron chi connectivity index (χ3n) is 8.09. The van der Waals surface area contributed by atoms with Gasteiger partial charge in [-0.25, -0.2) is 4.98 Å². The Kier molecular flexibility index (Phi) is 5.66. The lowest BCUT2D eigenvalue weighted by molar-refractivity contribution is 0.483. The molecule has 0 N–H and O–H groups in total. The molecule has 1 aliphatic heterocycles. The normalized spacial score (nSPS) is 14.7. The summed E-state index contributed by atoms with van der Waals surface area (Å²) in [4.78, 5) is 9.01. The molecule has 0 amide bonds. The summed E-state index contributed by atoms with van der Waals surface area (Å²) in [5, 5.41) is 2.09. The van der Waals surface area contributed by atoms with Gasteiger partial charge in [0.2, 0.25) is 0 Å². The van der Waals surface area contributed by atoms with Gasteiger partial charge in [-0.1, -0.05) is 51.1 Å². The first-order chi connectivity index (χ1) is 22.0. The molecule has 7 rings (SSSR count). The number of ether oxygens (including phenoxy) is 1. The van der Waals surface area contributed by atoms with Crippen molar-refractivity contribution in [2.75, 3.05) is 16.5 Å². The van der Waals surface area contributed by atoms with Gasteiger partial charge in [0.05, 0.1) is 17.7 Å². The van der Waals surface area contributed by atoms with Gasteiger partial charge in [0.25, 0.3) is 0 Å². The Morgan fingerprint density at radius 1 is 0.744 bits per heavy atom. The lowest BCUT2D eigenvalue weighted by Crippen LogP contribution is -2.24. The predicted octanol–water partition coefficient (Wildman–Crippen LogP) is 9.64. The smallest absolute Gasteiger partial charge is 0.137 e. The van der Waals surface area contributed by atoms with Gasteiger partial charge >= 0.3 is 0 Å². The largest absolute Gasteiger partial charge is 0.457 e. The number of pyridine rings is 1. The van der Waals surface area contributed by atoms with Crippen LogP contribution in [0.3, 0.4) is 0 Å². The van der Waals surface area contributed by atoms with Crippen LogP contribution in [0.4, 0.5) is 11.4 Å². The van der Waals surface area contributed by atoms with Gasteiger partial charge in [-0.2, -0.15) is 0 Å². The number of rotatable bonds is 5. The topological polar surface area (TPSA) is 33.5 Å². The van der Waals surface area contributed by atoms with Crippen molar-refractivity contribution in [2.24, 2.45) is 0 Å². The molecule has 3 heterocycles. The Labute approximate surface area is 257 Å². The molecule has 0 fully saturated rings. The molecule has 0 saturated carbocycles. The van der Waals surface area contributed by atoms with Gasteiger partial charge in [0.15, 0.2) is 0 Å². The maximum absolute atomic E-state index is 7.92. The SMILES string of the molecule is [2H]C([2H])([2H])c1ccnc(-n2c3ccccc3c3ccc(Oc4cccc(N5C=CN(c6ccc(C(C)(C)C)c(C)c6)C5)c4)cc32)c1. The monoisotopic (exact) mass is 567 g/mol. The summed E-state index contributed by atoms with van der Waals surface area (Å²) in [6, 6.07) is 32.1. The summed E-state index contributed by atoms with van der Waals surface area (Å²) in [5.74, 6) is 1.94. The van der Waals surface area contributed by atoms with Gasteiger partial charge in [0.1, 0.15) is 17.3 Å². The molecule has 0 saturated heterocycles. The van der Waals surface area contributed by atoms with Crippen molar-refractivity contribution in [3.05, 3.63) is 132 Å². The summed E-state index contributed by atoms with van der Waals surface area (Å²) in [5.41, 5.74) is 7.04. The molecule has 0 unspecified atom stereocenters. The van der Waals surface area contributed by atoms with E-state index in [0.29, 0.717) is 18.2 Å². The van der Waals surface area contributed by atoms with E-state index < -0.39 is 6.85 Å². The van der Waals surface area contributed by atoms with Crippen LogP contribution in [0.5, 0.6) is 11.5 Å². The minimum atomic E-state index is -2.23. The molecule has 43 heavy (non-hydrogen) atoms. The molecule has 4 aromatic carbocycles. The summed E-state index contributed by atoms with van der Waals surface area (Å²) in [6.45, 7) is 7.40. The van der Waals surface area contributed by atoms with Crippen molar-refractivity contribution in [1.82, 2.24) is 9.55 Å². The second kappa shape index (κ2) is 10.4. The number of hydrogen-bond acceptors (Lipinski definition) is 4. The van der Waals surface area contributed by atoms with E-state index in [1.165, 1.54) is 16.8 Å². The maximum atomic E-state index is 7.92. The molecule has 5 nitrogen and oxygen atoms in total. The molecule has 214 valence electrons. The summed E-state index contributed by atoms with van der Waals surface area (Å²) >= 11 is 0. The highest BCUT2D eigenvalue weighted by molar-refractivity contribution is 6.09. The molecule has 6 aromatic rings. The van der Waals surface area contributed by atoms with Crippen LogP contribution in [0.1, 0.15) is 41.6 Å². The molecule has 0 radical (unpaired) electrons. The molecular formula is C38H36N4O. The fourth-order valence-electron chi connectivity index (χ4n) is 6.09. The Bertz CT molecular complexity index is 2120. The van der Waals surface area contributed by atoms with Gasteiger partial charge < -0.3 is 14.5 Å². The first kappa shape index (κ1) is 23.5. The van der Waals surface area contributed by atoms with Crippen molar-refractivity contribution in [3.63, 3.8) is 0 Å². The van der Waals surface area contributed by atoms with Gasteiger partial charge in [-0.15, -0.1) is 0 Å². The number of aromatic nitrogens is 2. The van der Waals surface area contributed by atoms with Crippen LogP contribution in [0.25, 0.3) is 27.6 Å². The van der Waals surface area contributed by atoms with Crippen LogP contribution in [0.2, 0.25) is 0 Å². The van der Waals surface area contributed by atoms with E-state index in [2.05, 4.69) is 91.3 Å². The Balaban J connectivity index is 1.17. The summed E-state index contributed by atoms with van der Waals surface area (Å²) in [7, 11) is 0. The van der Waals surface area contributed by atoms with Crippen molar-refractivity contribution in [2.45, 2.75) is 40.0 Å².